The number of aromatic carboxylic acids is 1. The molecule has 0 atom stereocenters. The van der Waals surface area contributed by atoms with E-state index in [4.69, 9.17) is 10.2 Å². The summed E-state index contributed by atoms with van der Waals surface area (Å²) in [6.07, 6.45) is 1.18. The number of hydrogen-bond acceptors (Lipinski definition) is 3. The van der Waals surface area contributed by atoms with Gasteiger partial charge in [0, 0.05) is 17.0 Å². The first-order valence-corrected chi connectivity index (χ1v) is 5.52. The standard InChI is InChI=1S/C10H11BrO4/c11-3-1-2-7-8(10(14)15)4-6(12)5-9(7)13/h4-5,12-13H,1-3H2,(H,14,15). The van der Waals surface area contributed by atoms with Crippen LogP contribution in [0.5, 0.6) is 11.5 Å². The molecule has 5 heteroatoms. The molecule has 0 saturated heterocycles. The summed E-state index contributed by atoms with van der Waals surface area (Å²) >= 11 is 3.23. The van der Waals surface area contributed by atoms with E-state index in [2.05, 4.69) is 15.9 Å². The number of alkyl halides is 1. The Kier molecular flexibility index (Phi) is 3.96. The topological polar surface area (TPSA) is 77.8 Å². The van der Waals surface area contributed by atoms with Crippen molar-refractivity contribution in [2.75, 3.05) is 5.33 Å². The molecule has 0 unspecified atom stereocenters. The van der Waals surface area contributed by atoms with Crippen LogP contribution in [0, 0.1) is 0 Å². The SMILES string of the molecule is O=C(O)c1cc(O)cc(O)c1CCCBr. The predicted octanol–water partition coefficient (Wildman–Crippen LogP) is 2.12. The van der Waals surface area contributed by atoms with Gasteiger partial charge in [-0.2, -0.15) is 0 Å². The normalized spacial score (nSPS) is 10.2. The highest BCUT2D eigenvalue weighted by Gasteiger charge is 2.15. The van der Waals surface area contributed by atoms with E-state index in [9.17, 15) is 9.90 Å². The Morgan fingerprint density at radius 2 is 2.00 bits per heavy atom. The van der Waals surface area contributed by atoms with Crippen LogP contribution in [-0.2, 0) is 6.42 Å². The molecule has 0 bridgehead atoms. The largest absolute Gasteiger partial charge is 0.508 e. The lowest BCUT2D eigenvalue weighted by atomic mass is 10.0. The van der Waals surface area contributed by atoms with E-state index in [0.29, 0.717) is 12.0 Å². The van der Waals surface area contributed by atoms with Gasteiger partial charge in [-0.25, -0.2) is 4.79 Å². The Hall–Kier alpha value is -1.23. The van der Waals surface area contributed by atoms with Crippen molar-refractivity contribution >= 4 is 21.9 Å². The van der Waals surface area contributed by atoms with Gasteiger partial charge in [-0.3, -0.25) is 0 Å². The smallest absolute Gasteiger partial charge is 0.336 e. The fourth-order valence-corrected chi connectivity index (χ4v) is 1.62. The van der Waals surface area contributed by atoms with Crippen LogP contribution in [0.2, 0.25) is 0 Å². The zero-order chi connectivity index (χ0) is 11.4. The summed E-state index contributed by atoms with van der Waals surface area (Å²) in [6.45, 7) is 0. The van der Waals surface area contributed by atoms with Crippen molar-refractivity contribution in [1.29, 1.82) is 0 Å². The molecule has 15 heavy (non-hydrogen) atoms. The molecule has 3 N–H and O–H groups in total. The minimum atomic E-state index is -1.15. The Balaban J connectivity index is 3.15. The average molecular weight is 275 g/mol. The fourth-order valence-electron chi connectivity index (χ4n) is 1.34. The van der Waals surface area contributed by atoms with E-state index in [1.807, 2.05) is 0 Å². The van der Waals surface area contributed by atoms with Gasteiger partial charge in [-0.15, -0.1) is 0 Å². The van der Waals surface area contributed by atoms with Crippen molar-refractivity contribution < 1.29 is 20.1 Å². The third-order valence-electron chi connectivity index (χ3n) is 2.00. The summed E-state index contributed by atoms with van der Waals surface area (Å²) in [7, 11) is 0. The Labute approximate surface area is 95.3 Å². The molecule has 0 aromatic heterocycles. The van der Waals surface area contributed by atoms with Gasteiger partial charge >= 0.3 is 5.97 Å². The van der Waals surface area contributed by atoms with Gasteiger partial charge in [0.1, 0.15) is 11.5 Å². The fraction of sp³-hybridized carbons (Fsp3) is 0.300. The quantitative estimate of drug-likeness (QED) is 0.735. The van der Waals surface area contributed by atoms with Crippen molar-refractivity contribution in [1.82, 2.24) is 0 Å². The van der Waals surface area contributed by atoms with E-state index in [1.54, 1.807) is 0 Å². The molecule has 0 spiro atoms. The van der Waals surface area contributed by atoms with Crippen LogP contribution in [0.3, 0.4) is 0 Å². The van der Waals surface area contributed by atoms with Crippen LogP contribution in [0.4, 0.5) is 0 Å². The molecule has 0 amide bonds. The predicted molar refractivity (Wildman–Crippen MR) is 58.8 cm³/mol. The molecular formula is C10H11BrO4. The van der Waals surface area contributed by atoms with Gasteiger partial charge in [0.05, 0.1) is 5.56 Å². The number of carboxylic acids is 1. The summed E-state index contributed by atoms with van der Waals surface area (Å²) in [4.78, 5) is 10.9. The number of hydrogen-bond donors (Lipinski definition) is 3. The molecule has 0 radical (unpaired) electrons. The van der Waals surface area contributed by atoms with Crippen molar-refractivity contribution in [2.45, 2.75) is 12.8 Å². The first kappa shape index (κ1) is 11.8. The summed E-state index contributed by atoms with van der Waals surface area (Å²) in [5, 5.41) is 28.3. The van der Waals surface area contributed by atoms with Crippen LogP contribution in [0.1, 0.15) is 22.3 Å². The lowest BCUT2D eigenvalue weighted by molar-refractivity contribution is 0.0694. The maximum atomic E-state index is 10.9. The maximum Gasteiger partial charge on any atom is 0.336 e. The Bertz CT molecular complexity index is 376. The number of rotatable bonds is 4. The monoisotopic (exact) mass is 274 g/mol. The van der Waals surface area contributed by atoms with E-state index in [1.165, 1.54) is 0 Å². The lowest BCUT2D eigenvalue weighted by Gasteiger charge is -2.08. The number of halogens is 1. The second kappa shape index (κ2) is 5.02. The number of aromatic hydroxyl groups is 2. The maximum absolute atomic E-state index is 10.9. The molecule has 0 saturated carbocycles. The van der Waals surface area contributed by atoms with Gasteiger partial charge in [-0.1, -0.05) is 15.9 Å². The van der Waals surface area contributed by atoms with Crippen molar-refractivity contribution in [3.05, 3.63) is 23.3 Å². The number of benzene rings is 1. The van der Waals surface area contributed by atoms with Gasteiger partial charge < -0.3 is 15.3 Å². The van der Waals surface area contributed by atoms with E-state index >= 15 is 0 Å². The van der Waals surface area contributed by atoms with Crippen LogP contribution in [0.15, 0.2) is 12.1 Å². The van der Waals surface area contributed by atoms with Crippen LogP contribution in [-0.4, -0.2) is 26.6 Å². The molecule has 0 aliphatic carbocycles. The molecule has 1 rings (SSSR count). The average Bonchev–Trinajstić information content (AvgIpc) is 2.15. The zero-order valence-corrected chi connectivity index (χ0v) is 9.49. The van der Waals surface area contributed by atoms with Crippen LogP contribution < -0.4 is 0 Å². The molecule has 0 aliphatic heterocycles. The number of phenols is 2. The Morgan fingerprint density at radius 1 is 1.33 bits per heavy atom. The number of carbonyl (C=O) groups is 1. The number of carboxylic acid groups (broad SMARTS) is 1. The minimum Gasteiger partial charge on any atom is -0.508 e. The first-order valence-electron chi connectivity index (χ1n) is 4.40. The summed E-state index contributed by atoms with van der Waals surface area (Å²) in [5.41, 5.74) is 0.313. The minimum absolute atomic E-state index is 0.0477. The summed E-state index contributed by atoms with van der Waals surface area (Å²) < 4.78 is 0. The number of phenolic OH excluding ortho intramolecular Hbond substituents is 2. The molecule has 0 heterocycles. The second-order valence-electron chi connectivity index (χ2n) is 3.09. The summed E-state index contributed by atoms with van der Waals surface area (Å²) in [5.74, 6) is -1.56. The zero-order valence-electron chi connectivity index (χ0n) is 7.90. The lowest BCUT2D eigenvalue weighted by Crippen LogP contribution is -2.03. The highest BCUT2D eigenvalue weighted by atomic mass is 79.9. The molecule has 0 aliphatic rings. The highest BCUT2D eigenvalue weighted by Crippen LogP contribution is 2.28. The second-order valence-corrected chi connectivity index (χ2v) is 3.88. The van der Waals surface area contributed by atoms with Crippen molar-refractivity contribution in [3.63, 3.8) is 0 Å². The third-order valence-corrected chi connectivity index (χ3v) is 2.56. The molecule has 4 nitrogen and oxygen atoms in total. The Morgan fingerprint density at radius 3 is 2.53 bits per heavy atom. The van der Waals surface area contributed by atoms with E-state index < -0.39 is 5.97 Å². The summed E-state index contributed by atoms with van der Waals surface area (Å²) in [6, 6.07) is 2.29. The molecule has 1 aromatic carbocycles. The van der Waals surface area contributed by atoms with Crippen molar-refractivity contribution in [2.24, 2.45) is 0 Å². The molecule has 1 aromatic rings. The first-order chi connectivity index (χ1) is 7.06. The van der Waals surface area contributed by atoms with Gasteiger partial charge in [0.15, 0.2) is 0 Å². The van der Waals surface area contributed by atoms with Crippen LogP contribution in [0.25, 0.3) is 0 Å². The van der Waals surface area contributed by atoms with Crippen molar-refractivity contribution in [3.8, 4) is 11.5 Å². The highest BCUT2D eigenvalue weighted by molar-refractivity contribution is 9.09. The molecular weight excluding hydrogens is 264 g/mol. The third kappa shape index (κ3) is 2.86. The van der Waals surface area contributed by atoms with Crippen LogP contribution >= 0.6 is 15.9 Å². The van der Waals surface area contributed by atoms with E-state index in [0.717, 1.165) is 23.9 Å². The molecule has 0 fully saturated rings. The van der Waals surface area contributed by atoms with Gasteiger partial charge in [0.2, 0.25) is 0 Å². The van der Waals surface area contributed by atoms with E-state index in [-0.39, 0.29) is 17.1 Å². The molecule has 82 valence electrons. The van der Waals surface area contributed by atoms with Gasteiger partial charge in [0.25, 0.3) is 0 Å². The van der Waals surface area contributed by atoms with Gasteiger partial charge in [-0.05, 0) is 18.9 Å².